The molecular formula is C18H33F3N6. The maximum atomic E-state index is 13.0. The van der Waals surface area contributed by atoms with E-state index in [0.29, 0.717) is 31.1 Å². The smallest absolute Gasteiger partial charge is 0.357 e. The van der Waals surface area contributed by atoms with Crippen molar-refractivity contribution in [2.75, 3.05) is 19.6 Å². The Balaban J connectivity index is 2.66. The lowest BCUT2D eigenvalue weighted by molar-refractivity contribution is -0.142. The molecule has 9 heteroatoms. The van der Waals surface area contributed by atoms with E-state index in [1.807, 2.05) is 6.92 Å². The Labute approximate surface area is 160 Å². The topological polar surface area (TPSA) is 57.5 Å². The van der Waals surface area contributed by atoms with Crippen LogP contribution in [0.25, 0.3) is 0 Å². The molecule has 0 aliphatic heterocycles. The van der Waals surface area contributed by atoms with Gasteiger partial charge < -0.3 is 10.6 Å². The zero-order chi connectivity index (χ0) is 20.6. The van der Waals surface area contributed by atoms with Crippen LogP contribution in [0.1, 0.15) is 52.3 Å². The predicted octanol–water partition coefficient (Wildman–Crippen LogP) is 3.00. The monoisotopic (exact) mass is 390 g/mol. The lowest BCUT2D eigenvalue weighted by Gasteiger charge is -2.30. The molecule has 156 valence electrons. The number of aromatic nitrogens is 2. The molecule has 1 rings (SSSR count). The van der Waals surface area contributed by atoms with Crippen LogP contribution < -0.4 is 10.6 Å². The van der Waals surface area contributed by atoms with E-state index in [1.165, 1.54) is 17.9 Å². The average molecular weight is 390 g/mol. The van der Waals surface area contributed by atoms with Gasteiger partial charge in [0, 0.05) is 50.5 Å². The van der Waals surface area contributed by atoms with Gasteiger partial charge in [-0.3, -0.25) is 9.58 Å². The predicted molar refractivity (Wildman–Crippen MR) is 103 cm³/mol. The van der Waals surface area contributed by atoms with Gasteiger partial charge in [0.25, 0.3) is 0 Å². The number of alkyl halides is 3. The molecule has 0 saturated carbocycles. The van der Waals surface area contributed by atoms with Crippen LogP contribution in [0, 0.1) is 0 Å². The first-order valence-electron chi connectivity index (χ1n) is 9.43. The molecule has 0 bridgehead atoms. The number of nitrogens with one attached hydrogen (secondary N) is 2. The van der Waals surface area contributed by atoms with Crippen LogP contribution >= 0.6 is 0 Å². The minimum atomic E-state index is -4.48. The Morgan fingerprint density at radius 2 is 1.85 bits per heavy atom. The van der Waals surface area contributed by atoms with E-state index in [4.69, 9.17) is 0 Å². The van der Waals surface area contributed by atoms with Gasteiger partial charge in [0.1, 0.15) is 0 Å². The van der Waals surface area contributed by atoms with Crippen molar-refractivity contribution in [3.63, 3.8) is 0 Å². The zero-order valence-corrected chi connectivity index (χ0v) is 17.2. The fraction of sp³-hybridized carbons (Fsp3) is 0.778. The quantitative estimate of drug-likeness (QED) is 0.387. The van der Waals surface area contributed by atoms with Crippen molar-refractivity contribution in [2.45, 2.75) is 65.8 Å². The number of aliphatic imine (C=N–C) groups is 1. The lowest BCUT2D eigenvalue weighted by Crippen LogP contribution is -2.41. The van der Waals surface area contributed by atoms with Crippen molar-refractivity contribution in [1.29, 1.82) is 0 Å². The molecule has 0 saturated heterocycles. The van der Waals surface area contributed by atoms with Gasteiger partial charge in [-0.05, 0) is 41.0 Å². The molecule has 1 aromatic rings. The van der Waals surface area contributed by atoms with Crippen LogP contribution in [0.4, 0.5) is 13.2 Å². The number of halogens is 3. The highest BCUT2D eigenvalue weighted by Crippen LogP contribution is 2.30. The second-order valence-electron chi connectivity index (χ2n) is 7.08. The number of hydrogen-bond acceptors (Lipinski definition) is 3. The van der Waals surface area contributed by atoms with E-state index in [9.17, 15) is 13.2 Å². The standard InChI is InChI=1S/C18H33F3N6/c1-7-22-17(23-9-8-10-27(13(2)3)14(4)5)24-11-15-12-26(6)25-16(15)18(19,20)21/h12-14H,7-11H2,1-6H3,(H2,22,23,24). The number of rotatable bonds is 9. The summed E-state index contributed by atoms with van der Waals surface area (Å²) in [4.78, 5) is 6.69. The van der Waals surface area contributed by atoms with Gasteiger partial charge in [-0.15, -0.1) is 0 Å². The molecule has 0 aliphatic rings. The summed E-state index contributed by atoms with van der Waals surface area (Å²) < 4.78 is 40.3. The molecule has 1 aromatic heterocycles. The van der Waals surface area contributed by atoms with Gasteiger partial charge in [-0.25, -0.2) is 4.99 Å². The number of hydrogen-bond donors (Lipinski definition) is 2. The molecule has 0 aliphatic carbocycles. The third kappa shape index (κ3) is 7.78. The second kappa shape index (κ2) is 10.5. The Bertz CT molecular complexity index is 584. The summed E-state index contributed by atoms with van der Waals surface area (Å²) in [7, 11) is 1.47. The van der Waals surface area contributed by atoms with Gasteiger partial charge in [0.2, 0.25) is 0 Å². The molecule has 0 fully saturated rings. The van der Waals surface area contributed by atoms with Crippen molar-refractivity contribution in [2.24, 2.45) is 12.0 Å². The van der Waals surface area contributed by atoms with Crippen LogP contribution in [0.2, 0.25) is 0 Å². The minimum absolute atomic E-state index is 0.0630. The summed E-state index contributed by atoms with van der Waals surface area (Å²) in [6, 6.07) is 0.941. The van der Waals surface area contributed by atoms with Gasteiger partial charge in [-0.2, -0.15) is 18.3 Å². The van der Waals surface area contributed by atoms with Gasteiger partial charge in [0.15, 0.2) is 11.7 Å². The molecule has 0 spiro atoms. The first kappa shape index (κ1) is 23.3. The summed E-state index contributed by atoms with van der Waals surface area (Å²) in [5, 5.41) is 9.77. The highest BCUT2D eigenvalue weighted by atomic mass is 19.4. The number of aryl methyl sites for hydroxylation is 1. The Hall–Kier alpha value is -1.77. The molecule has 6 nitrogen and oxygen atoms in total. The van der Waals surface area contributed by atoms with Crippen molar-refractivity contribution in [3.05, 3.63) is 17.5 Å². The van der Waals surface area contributed by atoms with Gasteiger partial charge in [0.05, 0.1) is 6.54 Å². The fourth-order valence-electron chi connectivity index (χ4n) is 2.98. The van der Waals surface area contributed by atoms with Crippen LogP contribution in [-0.2, 0) is 19.8 Å². The van der Waals surface area contributed by atoms with Crippen molar-refractivity contribution in [1.82, 2.24) is 25.3 Å². The van der Waals surface area contributed by atoms with Gasteiger partial charge in [-0.1, -0.05) is 0 Å². The van der Waals surface area contributed by atoms with E-state index >= 15 is 0 Å². The highest BCUT2D eigenvalue weighted by Gasteiger charge is 2.36. The molecule has 1 heterocycles. The summed E-state index contributed by atoms with van der Waals surface area (Å²) in [6.45, 7) is 12.8. The molecule has 0 atom stereocenters. The van der Waals surface area contributed by atoms with E-state index in [2.05, 4.69) is 53.3 Å². The van der Waals surface area contributed by atoms with Crippen LogP contribution in [0.3, 0.4) is 0 Å². The Morgan fingerprint density at radius 3 is 2.37 bits per heavy atom. The maximum absolute atomic E-state index is 13.0. The third-order valence-corrected chi connectivity index (χ3v) is 4.14. The average Bonchev–Trinajstić information content (AvgIpc) is 2.92. The van der Waals surface area contributed by atoms with Crippen molar-refractivity contribution >= 4 is 5.96 Å². The second-order valence-corrected chi connectivity index (χ2v) is 7.08. The van der Waals surface area contributed by atoms with Crippen molar-refractivity contribution < 1.29 is 13.2 Å². The zero-order valence-electron chi connectivity index (χ0n) is 17.2. The van der Waals surface area contributed by atoms with E-state index in [-0.39, 0.29) is 12.1 Å². The number of guanidine groups is 1. The van der Waals surface area contributed by atoms with Crippen LogP contribution in [-0.4, -0.2) is 52.4 Å². The van der Waals surface area contributed by atoms with Crippen molar-refractivity contribution in [3.8, 4) is 0 Å². The summed E-state index contributed by atoms with van der Waals surface area (Å²) in [6.07, 6.45) is -2.20. The third-order valence-electron chi connectivity index (χ3n) is 4.14. The largest absolute Gasteiger partial charge is 0.435 e. The van der Waals surface area contributed by atoms with E-state index < -0.39 is 11.9 Å². The molecule has 0 aromatic carbocycles. The first-order valence-corrected chi connectivity index (χ1v) is 9.43. The molecule has 0 radical (unpaired) electrons. The fourth-order valence-corrected chi connectivity index (χ4v) is 2.98. The SMILES string of the molecule is CCNC(=NCc1cn(C)nc1C(F)(F)F)NCCCN(C(C)C)C(C)C. The molecule has 27 heavy (non-hydrogen) atoms. The number of nitrogens with zero attached hydrogens (tertiary/aromatic N) is 4. The Morgan fingerprint density at radius 1 is 1.22 bits per heavy atom. The first-order chi connectivity index (χ1) is 12.6. The maximum Gasteiger partial charge on any atom is 0.435 e. The van der Waals surface area contributed by atoms with Gasteiger partial charge >= 0.3 is 6.18 Å². The lowest BCUT2D eigenvalue weighted by atomic mass is 10.2. The summed E-state index contributed by atoms with van der Waals surface area (Å²) in [5.41, 5.74) is -0.817. The van der Waals surface area contributed by atoms with Crippen LogP contribution in [0.15, 0.2) is 11.2 Å². The van der Waals surface area contributed by atoms with E-state index in [0.717, 1.165) is 13.0 Å². The van der Waals surface area contributed by atoms with E-state index in [1.54, 1.807) is 0 Å². The highest BCUT2D eigenvalue weighted by molar-refractivity contribution is 5.79. The van der Waals surface area contributed by atoms with Crippen LogP contribution in [0.5, 0.6) is 0 Å². The summed E-state index contributed by atoms with van der Waals surface area (Å²) in [5.74, 6) is 0.509. The minimum Gasteiger partial charge on any atom is -0.357 e. The molecule has 0 amide bonds. The molecular weight excluding hydrogens is 357 g/mol. The Kier molecular flexibility index (Phi) is 9.08. The summed E-state index contributed by atoms with van der Waals surface area (Å²) >= 11 is 0. The molecule has 0 unspecified atom stereocenters. The normalized spacial score (nSPS) is 13.1. The molecule has 2 N–H and O–H groups in total.